The van der Waals surface area contributed by atoms with Crippen LogP contribution < -0.4 is 20.1 Å². The number of rotatable bonds is 9. The molecule has 11 heteroatoms. The highest BCUT2D eigenvalue weighted by Gasteiger charge is 2.32. The van der Waals surface area contributed by atoms with E-state index in [1.54, 1.807) is 12.3 Å². The second-order valence-electron chi connectivity index (χ2n) is 11.4. The third kappa shape index (κ3) is 7.32. The Morgan fingerprint density at radius 3 is 2.60 bits per heavy atom. The fourth-order valence-corrected chi connectivity index (χ4v) is 5.46. The fourth-order valence-electron chi connectivity index (χ4n) is 5.46. The summed E-state index contributed by atoms with van der Waals surface area (Å²) in [5, 5.41) is 6.11. The number of carbonyl (C=O) groups excluding carboxylic acids is 1. The molecule has 4 aromatic rings. The van der Waals surface area contributed by atoms with Crippen LogP contribution in [0.5, 0.6) is 11.5 Å². The van der Waals surface area contributed by atoms with E-state index in [0.29, 0.717) is 29.4 Å². The van der Waals surface area contributed by atoms with Gasteiger partial charge in [-0.15, -0.1) is 13.2 Å². The average molecular weight is 582 g/mol. The molecule has 1 saturated carbocycles. The van der Waals surface area contributed by atoms with Gasteiger partial charge in [-0.3, -0.25) is 9.78 Å². The van der Waals surface area contributed by atoms with Crippen molar-refractivity contribution in [3.05, 3.63) is 72.1 Å². The highest BCUT2D eigenvalue weighted by molar-refractivity contribution is 5.82. The van der Waals surface area contributed by atoms with Gasteiger partial charge in [-0.05, 0) is 79.6 Å². The lowest BCUT2D eigenvalue weighted by atomic mass is 9.75. The molecule has 1 fully saturated rings. The number of ether oxygens (including phenoxy) is 2. The molecule has 1 atom stereocenters. The molecule has 222 valence electrons. The first-order valence-electron chi connectivity index (χ1n) is 13.9. The van der Waals surface area contributed by atoms with E-state index in [1.807, 2.05) is 31.2 Å². The number of carbonyl (C=O) groups is 1. The topological polar surface area (TPSA) is 90.3 Å². The summed E-state index contributed by atoms with van der Waals surface area (Å²) in [5.74, 6) is 0.519. The lowest BCUT2D eigenvalue weighted by molar-refractivity contribution is -0.274. The molecule has 42 heavy (non-hydrogen) atoms. The number of hydrogen-bond donors (Lipinski definition) is 2. The summed E-state index contributed by atoms with van der Waals surface area (Å²) in [6.45, 7) is 6.61. The van der Waals surface area contributed by atoms with Crippen molar-refractivity contribution in [3.63, 3.8) is 0 Å². The van der Waals surface area contributed by atoms with E-state index in [2.05, 4.69) is 38.8 Å². The van der Waals surface area contributed by atoms with Crippen molar-refractivity contribution in [2.45, 2.75) is 65.4 Å². The van der Waals surface area contributed by atoms with E-state index >= 15 is 0 Å². The summed E-state index contributed by atoms with van der Waals surface area (Å²) >= 11 is 0. The molecular formula is C31H34F3N5O3. The number of halogens is 3. The molecule has 2 aromatic heterocycles. The molecule has 0 radical (unpaired) electrons. The lowest BCUT2D eigenvalue weighted by Gasteiger charge is -2.36. The van der Waals surface area contributed by atoms with Crippen LogP contribution in [0.15, 0.2) is 60.8 Å². The Kier molecular flexibility index (Phi) is 8.29. The predicted molar refractivity (Wildman–Crippen MR) is 154 cm³/mol. The number of aromatic nitrogens is 3. The first kappa shape index (κ1) is 29.2. The third-order valence-electron chi connectivity index (χ3n) is 7.49. The minimum absolute atomic E-state index is 0.160. The van der Waals surface area contributed by atoms with Crippen LogP contribution in [-0.2, 0) is 11.3 Å². The molecular weight excluding hydrogens is 547 g/mol. The Balaban J connectivity index is 1.35. The van der Waals surface area contributed by atoms with Gasteiger partial charge in [-0.1, -0.05) is 26.3 Å². The van der Waals surface area contributed by atoms with Gasteiger partial charge >= 0.3 is 6.36 Å². The highest BCUT2D eigenvalue weighted by Crippen LogP contribution is 2.44. The van der Waals surface area contributed by atoms with Crippen LogP contribution in [0, 0.1) is 12.3 Å². The van der Waals surface area contributed by atoms with E-state index in [0.717, 1.165) is 42.5 Å². The lowest BCUT2D eigenvalue weighted by Crippen LogP contribution is -2.29. The number of nitrogens with zero attached hydrogens (tertiary/aromatic N) is 3. The molecule has 1 aliphatic carbocycles. The van der Waals surface area contributed by atoms with Gasteiger partial charge < -0.3 is 24.7 Å². The van der Waals surface area contributed by atoms with Crippen LogP contribution in [0.25, 0.3) is 11.0 Å². The summed E-state index contributed by atoms with van der Waals surface area (Å²) in [6, 6.07) is 15.1. The molecule has 1 unspecified atom stereocenters. The SMILES string of the molecule is Cc1cccnc1CNC(=O)COc1ccc2c(c1)nc(Nc1ccc(OC(F)(F)F)cc1)n2C1CCCC(C)(C)C1. The van der Waals surface area contributed by atoms with Crippen LogP contribution in [0.4, 0.5) is 24.8 Å². The Bertz CT molecular complexity index is 1550. The van der Waals surface area contributed by atoms with Crippen molar-refractivity contribution in [2.75, 3.05) is 11.9 Å². The van der Waals surface area contributed by atoms with Gasteiger partial charge in [-0.2, -0.15) is 0 Å². The second-order valence-corrected chi connectivity index (χ2v) is 11.4. The molecule has 0 saturated heterocycles. The summed E-state index contributed by atoms with van der Waals surface area (Å²) in [7, 11) is 0. The van der Waals surface area contributed by atoms with Gasteiger partial charge in [0.25, 0.3) is 5.91 Å². The van der Waals surface area contributed by atoms with Crippen LogP contribution in [-0.4, -0.2) is 33.4 Å². The van der Waals surface area contributed by atoms with Gasteiger partial charge in [0.15, 0.2) is 6.61 Å². The molecule has 0 bridgehead atoms. The summed E-state index contributed by atoms with van der Waals surface area (Å²) in [5.41, 5.74) is 4.12. The smallest absolute Gasteiger partial charge is 0.484 e. The number of imidazole rings is 1. The molecule has 2 N–H and O–H groups in total. The molecule has 8 nitrogen and oxygen atoms in total. The standard InChI is InChI=1S/C31H34F3N5O3/c1-20-6-5-15-35-26(20)18-36-28(40)19-41-24-12-13-27-25(16-24)38-29(39(27)22-7-4-14-30(2,3)17-22)37-21-8-10-23(11-9-21)42-31(32,33)34/h5-6,8-13,15-16,22H,4,7,14,17-19H2,1-3H3,(H,36,40)(H,37,38). The number of fused-ring (bicyclic) bond motifs is 1. The summed E-state index contributed by atoms with van der Waals surface area (Å²) in [6.07, 6.45) is 1.09. The van der Waals surface area contributed by atoms with Crippen LogP contribution in [0.3, 0.4) is 0 Å². The zero-order valence-electron chi connectivity index (χ0n) is 23.8. The maximum absolute atomic E-state index is 12.6. The largest absolute Gasteiger partial charge is 0.573 e. The Morgan fingerprint density at radius 1 is 1.12 bits per heavy atom. The molecule has 0 aliphatic heterocycles. The van der Waals surface area contributed by atoms with Crippen molar-refractivity contribution in [1.29, 1.82) is 0 Å². The number of amides is 1. The highest BCUT2D eigenvalue weighted by atomic mass is 19.4. The third-order valence-corrected chi connectivity index (χ3v) is 7.49. The van der Waals surface area contributed by atoms with Gasteiger partial charge in [-0.25, -0.2) is 4.98 Å². The maximum atomic E-state index is 12.6. The molecule has 2 heterocycles. The number of hydrogen-bond acceptors (Lipinski definition) is 6. The molecule has 2 aromatic carbocycles. The van der Waals surface area contributed by atoms with Crippen LogP contribution in [0.2, 0.25) is 0 Å². The minimum Gasteiger partial charge on any atom is -0.484 e. The summed E-state index contributed by atoms with van der Waals surface area (Å²) < 4.78 is 49.7. The fraction of sp³-hybridized carbons (Fsp3) is 0.387. The number of pyridine rings is 1. The van der Waals surface area contributed by atoms with Gasteiger partial charge in [0.05, 0.1) is 23.3 Å². The first-order valence-corrected chi connectivity index (χ1v) is 13.9. The Labute approximate surface area is 242 Å². The zero-order chi connectivity index (χ0) is 29.9. The van der Waals surface area contributed by atoms with Gasteiger partial charge in [0.1, 0.15) is 11.5 Å². The Hall–Kier alpha value is -4.28. The zero-order valence-corrected chi connectivity index (χ0v) is 23.8. The summed E-state index contributed by atoms with van der Waals surface area (Å²) in [4.78, 5) is 21.6. The number of aryl methyl sites for hydroxylation is 1. The Morgan fingerprint density at radius 2 is 1.88 bits per heavy atom. The number of anilines is 2. The van der Waals surface area contributed by atoms with Crippen LogP contribution >= 0.6 is 0 Å². The molecule has 5 rings (SSSR count). The van der Waals surface area contributed by atoms with Crippen LogP contribution in [0.1, 0.15) is 56.8 Å². The van der Waals surface area contributed by atoms with E-state index in [1.165, 1.54) is 24.3 Å². The van der Waals surface area contributed by atoms with E-state index in [4.69, 9.17) is 9.72 Å². The number of benzene rings is 2. The molecule has 1 amide bonds. The van der Waals surface area contributed by atoms with Gasteiger partial charge in [0, 0.05) is 24.0 Å². The second kappa shape index (κ2) is 11.9. The minimum atomic E-state index is -4.75. The van der Waals surface area contributed by atoms with Crippen molar-refractivity contribution in [2.24, 2.45) is 5.41 Å². The maximum Gasteiger partial charge on any atom is 0.573 e. The predicted octanol–water partition coefficient (Wildman–Crippen LogP) is 7.22. The van der Waals surface area contributed by atoms with Gasteiger partial charge in [0.2, 0.25) is 5.95 Å². The van der Waals surface area contributed by atoms with Crippen molar-refractivity contribution >= 4 is 28.6 Å². The van der Waals surface area contributed by atoms with Crippen molar-refractivity contribution in [1.82, 2.24) is 19.9 Å². The quantitative estimate of drug-likeness (QED) is 0.217. The van der Waals surface area contributed by atoms with E-state index in [9.17, 15) is 18.0 Å². The monoisotopic (exact) mass is 581 g/mol. The van der Waals surface area contributed by atoms with Crippen molar-refractivity contribution in [3.8, 4) is 11.5 Å². The van der Waals surface area contributed by atoms with E-state index in [-0.39, 0.29) is 29.7 Å². The number of nitrogens with one attached hydrogen (secondary N) is 2. The molecule has 0 spiro atoms. The number of alkyl halides is 3. The first-order chi connectivity index (χ1) is 20.0. The molecule has 1 aliphatic rings. The average Bonchev–Trinajstić information content (AvgIpc) is 3.28. The van der Waals surface area contributed by atoms with Crippen molar-refractivity contribution < 1.29 is 27.4 Å². The van der Waals surface area contributed by atoms with E-state index < -0.39 is 6.36 Å². The normalized spacial score (nSPS) is 16.7.